The van der Waals surface area contributed by atoms with Crippen molar-refractivity contribution in [2.45, 2.75) is 56.8 Å². The Labute approximate surface area is 166 Å². The Morgan fingerprint density at radius 2 is 1.81 bits per heavy atom. The molecule has 142 valence electrons. The second-order valence-corrected chi connectivity index (χ2v) is 9.84. The van der Waals surface area contributed by atoms with Gasteiger partial charge in [-0.1, -0.05) is 0 Å². The number of ether oxygens (including phenoxy) is 2. The normalized spacial score (nSPS) is 12.3. The predicted octanol–water partition coefficient (Wildman–Crippen LogP) is 5.62. The van der Waals surface area contributed by atoms with E-state index in [0.717, 1.165) is 15.8 Å². The molecule has 0 atom stereocenters. The molecule has 0 fully saturated rings. The highest BCUT2D eigenvalue weighted by Gasteiger charge is 2.31. The van der Waals surface area contributed by atoms with Crippen LogP contribution < -0.4 is 0 Å². The lowest BCUT2D eigenvalue weighted by Gasteiger charge is -2.22. The molecule has 1 heterocycles. The van der Waals surface area contributed by atoms with Gasteiger partial charge in [0, 0.05) is 10.3 Å². The molecule has 0 amide bonds. The van der Waals surface area contributed by atoms with Crippen LogP contribution in [0.5, 0.6) is 0 Å². The zero-order valence-corrected chi connectivity index (χ0v) is 18.3. The zero-order chi connectivity index (χ0) is 19.7. The van der Waals surface area contributed by atoms with Crippen molar-refractivity contribution in [2.24, 2.45) is 0 Å². The van der Waals surface area contributed by atoms with Crippen molar-refractivity contribution < 1.29 is 19.1 Å². The SMILES string of the molecule is CCOC(=O)C(C)(C)Sc1ccc2c(c1)cc(Br)n2C(=O)OC(C)(C)C. The summed E-state index contributed by atoms with van der Waals surface area (Å²) in [4.78, 5) is 25.5. The van der Waals surface area contributed by atoms with E-state index in [1.165, 1.54) is 16.3 Å². The molecule has 0 N–H and O–H groups in total. The number of aromatic nitrogens is 1. The summed E-state index contributed by atoms with van der Waals surface area (Å²) in [5.74, 6) is -0.252. The molecule has 0 saturated heterocycles. The highest BCUT2D eigenvalue weighted by molar-refractivity contribution is 9.10. The molecule has 7 heteroatoms. The fraction of sp³-hybridized carbons (Fsp3) is 0.474. The zero-order valence-electron chi connectivity index (χ0n) is 15.9. The number of benzene rings is 1. The quantitative estimate of drug-likeness (QED) is 0.454. The fourth-order valence-corrected chi connectivity index (χ4v) is 3.99. The lowest BCUT2D eigenvalue weighted by atomic mass is 10.2. The minimum atomic E-state index is -0.700. The van der Waals surface area contributed by atoms with Crippen molar-refractivity contribution in [2.75, 3.05) is 6.61 Å². The number of thioether (sulfide) groups is 1. The first-order chi connectivity index (χ1) is 11.9. The largest absolute Gasteiger partial charge is 0.465 e. The summed E-state index contributed by atoms with van der Waals surface area (Å²) in [6.07, 6.45) is -0.438. The van der Waals surface area contributed by atoms with Crippen LogP contribution in [0.3, 0.4) is 0 Å². The molecule has 0 aliphatic heterocycles. The van der Waals surface area contributed by atoms with Crippen molar-refractivity contribution in [3.8, 4) is 0 Å². The Bertz CT molecular complexity index is 836. The number of carbonyl (C=O) groups is 2. The number of carbonyl (C=O) groups excluding carboxylic acids is 2. The van der Waals surface area contributed by atoms with Gasteiger partial charge in [-0.3, -0.25) is 4.79 Å². The van der Waals surface area contributed by atoms with Crippen molar-refractivity contribution in [3.63, 3.8) is 0 Å². The van der Waals surface area contributed by atoms with Gasteiger partial charge < -0.3 is 9.47 Å². The second kappa shape index (κ2) is 7.64. The van der Waals surface area contributed by atoms with Gasteiger partial charge in [0.25, 0.3) is 0 Å². The van der Waals surface area contributed by atoms with Crippen molar-refractivity contribution in [3.05, 3.63) is 28.9 Å². The molecule has 2 aromatic rings. The van der Waals surface area contributed by atoms with Crippen LogP contribution in [-0.4, -0.2) is 33.6 Å². The van der Waals surface area contributed by atoms with E-state index in [-0.39, 0.29) is 5.97 Å². The molecule has 2 rings (SSSR count). The molecule has 26 heavy (non-hydrogen) atoms. The van der Waals surface area contributed by atoms with Crippen LogP contribution in [0.4, 0.5) is 4.79 Å². The maximum absolute atomic E-state index is 12.5. The van der Waals surface area contributed by atoms with E-state index in [1.807, 2.05) is 58.9 Å². The summed E-state index contributed by atoms with van der Waals surface area (Å²) in [7, 11) is 0. The fourth-order valence-electron chi connectivity index (χ4n) is 2.36. The Hall–Kier alpha value is -1.47. The summed E-state index contributed by atoms with van der Waals surface area (Å²) in [5.41, 5.74) is 0.163. The predicted molar refractivity (Wildman–Crippen MR) is 108 cm³/mol. The van der Waals surface area contributed by atoms with Gasteiger partial charge in [0.1, 0.15) is 10.3 Å². The number of fused-ring (bicyclic) bond motifs is 1. The number of hydrogen-bond acceptors (Lipinski definition) is 5. The van der Waals surface area contributed by atoms with Gasteiger partial charge in [0.15, 0.2) is 0 Å². The van der Waals surface area contributed by atoms with Crippen LogP contribution in [0.1, 0.15) is 41.5 Å². The highest BCUT2D eigenvalue weighted by Crippen LogP contribution is 2.36. The molecule has 0 saturated carbocycles. The monoisotopic (exact) mass is 441 g/mol. The number of esters is 1. The molecular weight excluding hydrogens is 418 g/mol. The molecule has 1 aromatic heterocycles. The average Bonchev–Trinajstić information content (AvgIpc) is 2.80. The summed E-state index contributed by atoms with van der Waals surface area (Å²) in [6.45, 7) is 11.3. The molecule has 0 bridgehead atoms. The van der Waals surface area contributed by atoms with Crippen molar-refractivity contribution in [1.29, 1.82) is 0 Å². The Kier molecular flexibility index (Phi) is 6.13. The van der Waals surface area contributed by atoms with Crippen LogP contribution >= 0.6 is 27.7 Å². The maximum atomic E-state index is 12.5. The molecule has 0 unspecified atom stereocenters. The number of halogens is 1. The maximum Gasteiger partial charge on any atom is 0.419 e. The third kappa shape index (κ3) is 4.82. The van der Waals surface area contributed by atoms with Crippen LogP contribution in [0.15, 0.2) is 33.8 Å². The van der Waals surface area contributed by atoms with Gasteiger partial charge in [0.2, 0.25) is 0 Å². The molecular formula is C19H24BrNO4S. The molecule has 0 spiro atoms. The van der Waals surface area contributed by atoms with Gasteiger partial charge in [-0.05, 0) is 81.7 Å². The first kappa shape index (κ1) is 20.8. The molecule has 0 aliphatic carbocycles. The third-order valence-electron chi connectivity index (χ3n) is 3.44. The molecule has 5 nitrogen and oxygen atoms in total. The topological polar surface area (TPSA) is 57.5 Å². The summed E-state index contributed by atoms with van der Waals surface area (Å²) in [6, 6.07) is 7.56. The van der Waals surface area contributed by atoms with E-state index in [9.17, 15) is 9.59 Å². The minimum absolute atomic E-state index is 0.252. The van der Waals surface area contributed by atoms with Gasteiger partial charge in [0.05, 0.1) is 16.7 Å². The first-order valence-corrected chi connectivity index (χ1v) is 9.96. The minimum Gasteiger partial charge on any atom is -0.465 e. The Morgan fingerprint density at radius 3 is 2.38 bits per heavy atom. The third-order valence-corrected chi connectivity index (χ3v) is 5.19. The van der Waals surface area contributed by atoms with Crippen molar-refractivity contribution >= 4 is 50.7 Å². The van der Waals surface area contributed by atoms with Crippen LogP contribution in [-0.2, 0) is 14.3 Å². The second-order valence-electron chi connectivity index (χ2n) is 7.34. The lowest BCUT2D eigenvalue weighted by Crippen LogP contribution is -2.29. The van der Waals surface area contributed by atoms with Crippen LogP contribution in [0, 0.1) is 0 Å². The molecule has 1 aromatic carbocycles. The number of hydrogen-bond donors (Lipinski definition) is 0. The van der Waals surface area contributed by atoms with E-state index in [2.05, 4.69) is 15.9 Å². The summed E-state index contributed by atoms with van der Waals surface area (Å²) >= 11 is 4.86. The highest BCUT2D eigenvalue weighted by atomic mass is 79.9. The number of rotatable bonds is 4. The lowest BCUT2D eigenvalue weighted by molar-refractivity contribution is -0.145. The van der Waals surface area contributed by atoms with E-state index in [1.54, 1.807) is 6.92 Å². The number of nitrogens with zero attached hydrogens (tertiary/aromatic N) is 1. The smallest absolute Gasteiger partial charge is 0.419 e. The van der Waals surface area contributed by atoms with Gasteiger partial charge >= 0.3 is 12.1 Å². The van der Waals surface area contributed by atoms with Gasteiger partial charge in [-0.15, -0.1) is 11.8 Å². The van der Waals surface area contributed by atoms with Crippen LogP contribution in [0.25, 0.3) is 10.9 Å². The van der Waals surface area contributed by atoms with E-state index in [0.29, 0.717) is 11.2 Å². The standard InChI is InChI=1S/C19H24BrNO4S/c1-7-24-16(22)19(5,6)26-13-8-9-14-12(10-13)11-15(20)21(14)17(23)25-18(2,3)4/h8-11H,7H2,1-6H3. The molecule has 0 aliphatic rings. The molecule has 0 radical (unpaired) electrons. The van der Waals surface area contributed by atoms with Crippen LogP contribution in [0.2, 0.25) is 0 Å². The van der Waals surface area contributed by atoms with Gasteiger partial charge in [-0.2, -0.15) is 0 Å². The van der Waals surface area contributed by atoms with Crippen molar-refractivity contribution in [1.82, 2.24) is 4.57 Å². The van der Waals surface area contributed by atoms with E-state index >= 15 is 0 Å². The summed E-state index contributed by atoms with van der Waals surface area (Å²) < 4.78 is 12.0. The Morgan fingerprint density at radius 1 is 1.15 bits per heavy atom. The van der Waals surface area contributed by atoms with E-state index in [4.69, 9.17) is 9.47 Å². The first-order valence-electron chi connectivity index (χ1n) is 8.35. The summed E-state index contributed by atoms with van der Waals surface area (Å²) in [5, 5.41) is 0.882. The van der Waals surface area contributed by atoms with E-state index < -0.39 is 16.4 Å². The van der Waals surface area contributed by atoms with Gasteiger partial charge in [-0.25, -0.2) is 9.36 Å². The average molecular weight is 442 g/mol. The Balaban J connectivity index is 2.33.